The van der Waals surface area contributed by atoms with Crippen molar-refractivity contribution in [3.8, 4) is 0 Å². The first-order valence-electron chi connectivity index (χ1n) is 5.32. The molecule has 1 aromatic rings. The highest BCUT2D eigenvalue weighted by Crippen LogP contribution is 2.21. The fraction of sp³-hybridized carbons (Fsp3) is 0.333. The summed E-state index contributed by atoms with van der Waals surface area (Å²) in [6.07, 6.45) is 1.92. The summed E-state index contributed by atoms with van der Waals surface area (Å²) in [4.78, 5) is 10.0. The van der Waals surface area contributed by atoms with Crippen molar-refractivity contribution in [1.29, 1.82) is 0 Å². The van der Waals surface area contributed by atoms with E-state index in [9.17, 15) is 15.3 Å². The van der Waals surface area contributed by atoms with Gasteiger partial charge in [0.25, 0.3) is 5.69 Å². The molecule has 1 unspecified atom stereocenters. The molecule has 0 fully saturated rings. The van der Waals surface area contributed by atoms with Gasteiger partial charge in [-0.2, -0.15) is 0 Å². The Morgan fingerprint density at radius 1 is 1.47 bits per heavy atom. The van der Waals surface area contributed by atoms with Crippen molar-refractivity contribution >= 4 is 11.4 Å². The third-order valence-corrected chi connectivity index (χ3v) is 2.81. The zero-order valence-corrected chi connectivity index (χ0v) is 10.1. The molecule has 0 radical (unpaired) electrons. The van der Waals surface area contributed by atoms with Gasteiger partial charge in [-0.1, -0.05) is 11.6 Å². The minimum absolute atomic E-state index is 0.0116. The summed E-state index contributed by atoms with van der Waals surface area (Å²) in [6, 6.07) is 5.63. The van der Waals surface area contributed by atoms with Gasteiger partial charge in [0.15, 0.2) is 0 Å². The maximum atomic E-state index is 10.5. The monoisotopic (exact) mass is 236 g/mol. The first-order chi connectivity index (χ1) is 7.97. The molecule has 0 bridgehead atoms. The molecule has 1 N–H and O–H groups in total. The van der Waals surface area contributed by atoms with E-state index in [1.807, 2.05) is 26.8 Å². The predicted molar refractivity (Wildman–Crippen MR) is 66.3 cm³/mol. The van der Waals surface area contributed by atoms with Gasteiger partial charge in [0.2, 0.25) is 0 Å². The van der Waals surface area contributed by atoms with Crippen LogP contribution in [0.4, 0.5) is 11.4 Å². The zero-order chi connectivity index (χ0) is 13.0. The third-order valence-electron chi connectivity index (χ3n) is 2.81. The molecule has 0 saturated heterocycles. The van der Waals surface area contributed by atoms with Crippen LogP contribution in [-0.4, -0.2) is 16.2 Å². The second kappa shape index (κ2) is 5.45. The van der Waals surface area contributed by atoms with Gasteiger partial charge in [-0.3, -0.25) is 20.4 Å². The number of anilines is 1. The van der Waals surface area contributed by atoms with Gasteiger partial charge in [-0.05, 0) is 32.9 Å². The van der Waals surface area contributed by atoms with Crippen LogP contribution in [0, 0.1) is 10.1 Å². The Bertz CT molecular complexity index is 426. The first-order valence-corrected chi connectivity index (χ1v) is 5.32. The van der Waals surface area contributed by atoms with Crippen LogP contribution in [-0.2, 0) is 0 Å². The summed E-state index contributed by atoms with van der Waals surface area (Å²) in [6.45, 7) is 5.67. The molecule has 5 nitrogen and oxygen atoms in total. The van der Waals surface area contributed by atoms with Gasteiger partial charge in [-0.15, -0.1) is 0 Å². The summed E-state index contributed by atoms with van der Waals surface area (Å²) in [5.74, 6) is 0. The number of allylic oxidation sites excluding steroid dienone is 1. The molecule has 0 spiro atoms. The van der Waals surface area contributed by atoms with Gasteiger partial charge in [0.1, 0.15) is 0 Å². The predicted octanol–water partition coefficient (Wildman–Crippen LogP) is 3.15. The van der Waals surface area contributed by atoms with Crippen LogP contribution in [0.3, 0.4) is 0 Å². The van der Waals surface area contributed by atoms with Crippen LogP contribution in [0.2, 0.25) is 0 Å². The average molecular weight is 236 g/mol. The van der Waals surface area contributed by atoms with Crippen molar-refractivity contribution in [1.82, 2.24) is 0 Å². The summed E-state index contributed by atoms with van der Waals surface area (Å²) in [5, 5.41) is 21.5. The minimum atomic E-state index is -0.466. The smallest absolute Gasteiger partial charge is 0.269 e. The van der Waals surface area contributed by atoms with E-state index in [-0.39, 0.29) is 11.7 Å². The second-order valence-electron chi connectivity index (χ2n) is 3.83. The standard InChI is InChI=1S/C12H16N2O3/c1-4-9(2)10(3)13(15)11-5-7-12(8-6-11)14(16)17/h4-8,10,15H,1-3H3/b9-4+. The molecule has 0 amide bonds. The summed E-state index contributed by atoms with van der Waals surface area (Å²) < 4.78 is 0. The molecule has 5 heteroatoms. The highest BCUT2D eigenvalue weighted by atomic mass is 16.6. The second-order valence-corrected chi connectivity index (χ2v) is 3.83. The first kappa shape index (κ1) is 13.2. The van der Waals surface area contributed by atoms with Crippen LogP contribution >= 0.6 is 0 Å². The number of benzene rings is 1. The molecule has 0 aliphatic carbocycles. The lowest BCUT2D eigenvalue weighted by Gasteiger charge is -2.25. The molecule has 1 aromatic carbocycles. The Kier molecular flexibility index (Phi) is 4.23. The zero-order valence-electron chi connectivity index (χ0n) is 10.1. The minimum Gasteiger partial charge on any atom is -0.288 e. The number of hydroxylamine groups is 1. The molecule has 0 aromatic heterocycles. The van der Waals surface area contributed by atoms with Gasteiger partial charge in [-0.25, -0.2) is 0 Å². The van der Waals surface area contributed by atoms with E-state index in [2.05, 4.69) is 0 Å². The highest BCUT2D eigenvalue weighted by molar-refractivity contribution is 5.50. The topological polar surface area (TPSA) is 66.6 Å². The molecule has 0 saturated carbocycles. The Morgan fingerprint density at radius 2 is 2.00 bits per heavy atom. The van der Waals surface area contributed by atoms with Crippen molar-refractivity contribution in [2.45, 2.75) is 26.8 Å². The van der Waals surface area contributed by atoms with E-state index in [1.54, 1.807) is 0 Å². The molecule has 92 valence electrons. The number of hydrogen-bond acceptors (Lipinski definition) is 4. The summed E-state index contributed by atoms with van der Waals surface area (Å²) in [7, 11) is 0. The van der Waals surface area contributed by atoms with E-state index in [0.717, 1.165) is 10.6 Å². The Hall–Kier alpha value is -1.88. The molecular formula is C12H16N2O3. The van der Waals surface area contributed by atoms with Crippen molar-refractivity contribution < 1.29 is 10.1 Å². The van der Waals surface area contributed by atoms with E-state index in [1.165, 1.54) is 24.3 Å². The Labute approximate surface area is 100 Å². The fourth-order valence-corrected chi connectivity index (χ4v) is 1.38. The van der Waals surface area contributed by atoms with Gasteiger partial charge >= 0.3 is 0 Å². The van der Waals surface area contributed by atoms with Crippen LogP contribution in [0.25, 0.3) is 0 Å². The van der Waals surface area contributed by atoms with Crippen molar-refractivity contribution in [2.75, 3.05) is 5.06 Å². The molecule has 0 aliphatic rings. The number of rotatable bonds is 4. The lowest BCUT2D eigenvalue weighted by Crippen LogP contribution is -2.30. The number of nitro groups is 1. The molecule has 1 rings (SSSR count). The van der Waals surface area contributed by atoms with Crippen LogP contribution < -0.4 is 5.06 Å². The molecule has 17 heavy (non-hydrogen) atoms. The third kappa shape index (κ3) is 3.04. The summed E-state index contributed by atoms with van der Waals surface area (Å²) in [5.41, 5.74) is 1.56. The molecule has 1 atom stereocenters. The Morgan fingerprint density at radius 3 is 2.41 bits per heavy atom. The average Bonchev–Trinajstić information content (AvgIpc) is 2.36. The van der Waals surface area contributed by atoms with E-state index in [0.29, 0.717) is 5.69 Å². The van der Waals surface area contributed by atoms with Crippen LogP contribution in [0.5, 0.6) is 0 Å². The highest BCUT2D eigenvalue weighted by Gasteiger charge is 2.14. The molecular weight excluding hydrogens is 220 g/mol. The van der Waals surface area contributed by atoms with Crippen molar-refractivity contribution in [2.24, 2.45) is 0 Å². The Balaban J connectivity index is 2.90. The van der Waals surface area contributed by atoms with E-state index < -0.39 is 4.92 Å². The maximum Gasteiger partial charge on any atom is 0.269 e. The lowest BCUT2D eigenvalue weighted by atomic mass is 10.1. The van der Waals surface area contributed by atoms with Gasteiger partial charge < -0.3 is 0 Å². The fourth-order valence-electron chi connectivity index (χ4n) is 1.38. The number of hydrogen-bond donors (Lipinski definition) is 1. The lowest BCUT2D eigenvalue weighted by molar-refractivity contribution is -0.384. The van der Waals surface area contributed by atoms with Gasteiger partial charge in [0.05, 0.1) is 16.7 Å². The van der Waals surface area contributed by atoms with Crippen molar-refractivity contribution in [3.63, 3.8) is 0 Å². The largest absolute Gasteiger partial charge is 0.288 e. The maximum absolute atomic E-state index is 10.5. The molecule has 0 heterocycles. The number of nitro benzene ring substituents is 1. The number of nitrogens with zero attached hydrogens (tertiary/aromatic N) is 2. The van der Waals surface area contributed by atoms with E-state index in [4.69, 9.17) is 0 Å². The van der Waals surface area contributed by atoms with Crippen molar-refractivity contribution in [3.05, 3.63) is 46.0 Å². The quantitative estimate of drug-likeness (QED) is 0.495. The van der Waals surface area contributed by atoms with Crippen LogP contribution in [0.1, 0.15) is 20.8 Å². The molecule has 0 aliphatic heterocycles. The normalized spacial score (nSPS) is 13.3. The SMILES string of the molecule is C/C=C(\C)C(C)N(O)c1ccc([N+](=O)[O-])cc1. The number of non-ortho nitro benzene ring substituents is 1. The van der Waals surface area contributed by atoms with E-state index >= 15 is 0 Å². The summed E-state index contributed by atoms with van der Waals surface area (Å²) >= 11 is 0. The van der Waals surface area contributed by atoms with Gasteiger partial charge in [0, 0.05) is 12.1 Å². The van der Waals surface area contributed by atoms with Crippen LogP contribution in [0.15, 0.2) is 35.9 Å².